The molecular weight excluding hydrogens is 500 g/mol. The summed E-state index contributed by atoms with van der Waals surface area (Å²) in [5, 5.41) is 5.41. The van der Waals surface area contributed by atoms with E-state index >= 15 is 0 Å². The van der Waals surface area contributed by atoms with Gasteiger partial charge in [-0.05, 0) is 86.8 Å². The lowest BCUT2D eigenvalue weighted by Crippen LogP contribution is -2.39. The normalized spacial score (nSPS) is 22.2. The minimum Gasteiger partial charge on any atom is -0.371 e. The maximum Gasteiger partial charge on any atom is 0.251 e. The van der Waals surface area contributed by atoms with Gasteiger partial charge in [0.1, 0.15) is 12.1 Å². The number of hydrogen-bond donors (Lipinski definition) is 1. The summed E-state index contributed by atoms with van der Waals surface area (Å²) in [6.07, 6.45) is 9.36. The number of nitrogens with one attached hydrogen (secondary N) is 1. The summed E-state index contributed by atoms with van der Waals surface area (Å²) in [7, 11) is 0. The molecule has 1 N–H and O–H groups in total. The van der Waals surface area contributed by atoms with Crippen LogP contribution in [-0.2, 0) is 0 Å². The highest BCUT2D eigenvalue weighted by Gasteiger charge is 2.44. The lowest BCUT2D eigenvalue weighted by Gasteiger charge is -2.35. The highest BCUT2D eigenvalue weighted by atomic mass is 32.2. The van der Waals surface area contributed by atoms with Gasteiger partial charge in [0.25, 0.3) is 5.92 Å². The zero-order chi connectivity index (χ0) is 25.9. The predicted octanol–water partition coefficient (Wildman–Crippen LogP) is 7.55. The first-order valence-electron chi connectivity index (χ1n) is 14.1. The molecule has 2 saturated heterocycles. The fourth-order valence-corrected chi connectivity index (χ4v) is 7.20. The molecule has 4 aliphatic rings. The number of hydrogen-bond acceptors (Lipinski definition) is 6. The second kappa shape index (κ2) is 9.25. The van der Waals surface area contributed by atoms with Crippen LogP contribution in [0.3, 0.4) is 0 Å². The highest BCUT2D eigenvalue weighted by Crippen LogP contribution is 2.54. The van der Waals surface area contributed by atoms with Crippen molar-refractivity contribution >= 4 is 45.5 Å². The quantitative estimate of drug-likeness (QED) is 0.352. The first kappa shape index (κ1) is 24.4. The van der Waals surface area contributed by atoms with Crippen LogP contribution in [-0.4, -0.2) is 47.3 Å². The lowest BCUT2D eigenvalue weighted by molar-refractivity contribution is -0.0220. The summed E-state index contributed by atoms with van der Waals surface area (Å²) in [4.78, 5) is 15.4. The Balaban J connectivity index is 1.23. The number of benzene rings is 2. The topological polar surface area (TPSA) is 44.3 Å². The van der Waals surface area contributed by atoms with Gasteiger partial charge in [-0.2, -0.15) is 0 Å². The number of anilines is 4. The number of thioether (sulfide) groups is 1. The molecule has 2 aliphatic heterocycles. The summed E-state index contributed by atoms with van der Waals surface area (Å²) in [6.45, 7) is 4.95. The summed E-state index contributed by atoms with van der Waals surface area (Å²) >= 11 is 1.98. The van der Waals surface area contributed by atoms with Gasteiger partial charge in [-0.3, -0.25) is 0 Å². The molecule has 0 amide bonds. The van der Waals surface area contributed by atoms with E-state index in [4.69, 9.17) is 9.97 Å². The number of halogens is 2. The van der Waals surface area contributed by atoms with Crippen molar-refractivity contribution in [3.05, 3.63) is 42.2 Å². The maximum atomic E-state index is 13.8. The van der Waals surface area contributed by atoms with Crippen molar-refractivity contribution in [2.24, 2.45) is 5.41 Å². The van der Waals surface area contributed by atoms with Crippen molar-refractivity contribution in [3.63, 3.8) is 0 Å². The first-order valence-corrected chi connectivity index (χ1v) is 14.9. The van der Waals surface area contributed by atoms with Gasteiger partial charge in [-0.25, -0.2) is 18.7 Å². The second-order valence-corrected chi connectivity index (χ2v) is 13.3. The predicted molar refractivity (Wildman–Crippen MR) is 152 cm³/mol. The fraction of sp³-hybridized carbons (Fsp3) is 0.533. The Bertz CT molecular complexity index is 1350. The molecule has 2 aliphatic carbocycles. The molecule has 0 unspecified atom stereocenters. The number of aromatic nitrogens is 2. The van der Waals surface area contributed by atoms with E-state index in [9.17, 15) is 8.78 Å². The van der Waals surface area contributed by atoms with Crippen LogP contribution in [0.25, 0.3) is 10.9 Å². The number of nitrogens with zero attached hydrogens (tertiary/aromatic N) is 4. The van der Waals surface area contributed by atoms with Crippen LogP contribution in [0.4, 0.5) is 31.7 Å². The van der Waals surface area contributed by atoms with E-state index in [1.165, 1.54) is 49.1 Å². The molecule has 200 valence electrons. The molecule has 7 rings (SSSR count). The average molecular weight is 536 g/mol. The van der Waals surface area contributed by atoms with Gasteiger partial charge in [-0.1, -0.05) is 0 Å². The number of piperidine rings is 2. The van der Waals surface area contributed by atoms with E-state index in [1.54, 1.807) is 6.33 Å². The van der Waals surface area contributed by atoms with Crippen LogP contribution < -0.4 is 15.1 Å². The zero-order valence-electron chi connectivity index (χ0n) is 22.0. The van der Waals surface area contributed by atoms with Crippen molar-refractivity contribution in [2.45, 2.75) is 74.4 Å². The van der Waals surface area contributed by atoms with E-state index < -0.39 is 5.92 Å². The summed E-state index contributed by atoms with van der Waals surface area (Å²) in [5.41, 5.74) is 5.82. The SMILES string of the molecule is Cc1cc(Nc2ncnc3cc(SC4CC4)cc(N4CCC5(CC4)CC5)c23)cc(N2CCC(F)(F)CC2)c1. The Morgan fingerprint density at radius 2 is 1.61 bits per heavy atom. The molecule has 2 aromatic carbocycles. The summed E-state index contributed by atoms with van der Waals surface area (Å²) in [5.74, 6) is -1.75. The summed E-state index contributed by atoms with van der Waals surface area (Å²) < 4.78 is 27.5. The van der Waals surface area contributed by atoms with E-state index in [-0.39, 0.29) is 12.8 Å². The Labute approximate surface area is 227 Å². The van der Waals surface area contributed by atoms with E-state index in [0.717, 1.165) is 52.0 Å². The van der Waals surface area contributed by atoms with Crippen molar-refractivity contribution in [1.82, 2.24) is 9.97 Å². The molecule has 3 aromatic rings. The summed E-state index contributed by atoms with van der Waals surface area (Å²) in [6, 6.07) is 10.8. The molecular formula is C30H35F2N5S. The third-order valence-electron chi connectivity index (χ3n) is 8.82. The van der Waals surface area contributed by atoms with Crippen LogP contribution >= 0.6 is 11.8 Å². The van der Waals surface area contributed by atoms with Crippen LogP contribution in [0.2, 0.25) is 0 Å². The monoisotopic (exact) mass is 535 g/mol. The molecule has 1 spiro atoms. The molecule has 8 heteroatoms. The van der Waals surface area contributed by atoms with Crippen molar-refractivity contribution in [2.75, 3.05) is 41.3 Å². The Morgan fingerprint density at radius 1 is 0.868 bits per heavy atom. The molecule has 0 atom stereocenters. The largest absolute Gasteiger partial charge is 0.371 e. The van der Waals surface area contributed by atoms with Crippen LogP contribution in [0, 0.1) is 12.3 Å². The first-order chi connectivity index (χ1) is 18.3. The Hall–Kier alpha value is -2.61. The van der Waals surface area contributed by atoms with Crippen molar-refractivity contribution in [3.8, 4) is 0 Å². The number of aryl methyl sites for hydroxylation is 1. The molecule has 4 fully saturated rings. The molecule has 0 bridgehead atoms. The third-order valence-corrected chi connectivity index (χ3v) is 10.1. The lowest BCUT2D eigenvalue weighted by atomic mass is 9.93. The van der Waals surface area contributed by atoms with Gasteiger partial charge >= 0.3 is 0 Å². The molecule has 2 saturated carbocycles. The van der Waals surface area contributed by atoms with Crippen LogP contribution in [0.1, 0.15) is 56.9 Å². The second-order valence-electron chi connectivity index (χ2n) is 11.9. The number of alkyl halides is 2. The van der Waals surface area contributed by atoms with Crippen molar-refractivity contribution < 1.29 is 8.78 Å². The van der Waals surface area contributed by atoms with Gasteiger partial charge in [0.2, 0.25) is 0 Å². The molecule has 0 radical (unpaired) electrons. The number of fused-ring (bicyclic) bond motifs is 1. The van der Waals surface area contributed by atoms with Gasteiger partial charge in [0.15, 0.2) is 0 Å². The fourth-order valence-electron chi connectivity index (χ4n) is 6.08. The van der Waals surface area contributed by atoms with Gasteiger partial charge < -0.3 is 15.1 Å². The minimum absolute atomic E-state index is 0.0953. The third kappa shape index (κ3) is 5.04. The van der Waals surface area contributed by atoms with Crippen LogP contribution in [0.15, 0.2) is 41.6 Å². The molecule has 3 heterocycles. The average Bonchev–Trinajstić information content (AvgIpc) is 3.83. The maximum absolute atomic E-state index is 13.8. The molecule has 38 heavy (non-hydrogen) atoms. The van der Waals surface area contributed by atoms with Gasteiger partial charge in [0, 0.05) is 60.5 Å². The van der Waals surface area contributed by atoms with E-state index in [1.807, 2.05) is 11.8 Å². The van der Waals surface area contributed by atoms with Crippen LogP contribution in [0.5, 0.6) is 0 Å². The van der Waals surface area contributed by atoms with E-state index in [0.29, 0.717) is 18.5 Å². The molecule has 1 aromatic heterocycles. The highest BCUT2D eigenvalue weighted by molar-refractivity contribution is 8.00. The van der Waals surface area contributed by atoms with E-state index in [2.05, 4.69) is 52.4 Å². The Morgan fingerprint density at radius 3 is 2.32 bits per heavy atom. The van der Waals surface area contributed by atoms with Gasteiger partial charge in [-0.15, -0.1) is 11.8 Å². The van der Waals surface area contributed by atoms with Gasteiger partial charge in [0.05, 0.1) is 16.6 Å². The number of rotatable bonds is 6. The molecule has 5 nitrogen and oxygen atoms in total. The minimum atomic E-state index is -2.55. The smallest absolute Gasteiger partial charge is 0.251 e. The van der Waals surface area contributed by atoms with Crippen molar-refractivity contribution in [1.29, 1.82) is 0 Å². The Kier molecular flexibility index (Phi) is 5.95. The zero-order valence-corrected chi connectivity index (χ0v) is 22.8. The standard InChI is InChI=1S/C30H35F2N5S/c1-20-14-21(16-22(15-20)36-12-8-30(31,32)9-13-36)35-28-27-25(33-19-34-28)17-24(38-23-2-3-23)18-26(27)37-10-6-29(4-5-29)7-11-37/h14-19,23H,2-13H2,1H3,(H,33,34,35).